The van der Waals surface area contributed by atoms with Gasteiger partial charge in [0.05, 0.1) is 17.4 Å². The number of carbonyl (C=O) groups is 2. The van der Waals surface area contributed by atoms with Gasteiger partial charge in [0, 0.05) is 31.3 Å². The Labute approximate surface area is 199 Å². The number of carbonyl (C=O) groups excluding carboxylic acids is 2. The largest absolute Gasteiger partial charge is 0.332 e. The lowest BCUT2D eigenvalue weighted by Gasteiger charge is -2.19. The number of hydrogen-bond donors (Lipinski definition) is 1. The van der Waals surface area contributed by atoms with Gasteiger partial charge < -0.3 is 10.2 Å². The highest BCUT2D eigenvalue weighted by molar-refractivity contribution is 6.01. The monoisotopic (exact) mass is 460 g/mol. The number of aryl methyl sites for hydroxylation is 4. The maximum atomic E-state index is 13.1. The highest BCUT2D eigenvalue weighted by Crippen LogP contribution is 2.22. The topological polar surface area (TPSA) is 84.3 Å². The van der Waals surface area contributed by atoms with Crippen molar-refractivity contribution in [3.63, 3.8) is 0 Å². The molecule has 0 bridgehead atoms. The molecular weight excluding hydrogens is 428 g/mol. The number of likely N-dealkylation sites (N-methyl/N-ethyl adjacent to an activating group) is 1. The molecule has 1 aromatic heterocycles. The minimum absolute atomic E-state index is 0.0440. The first kappa shape index (κ1) is 23.7. The van der Waals surface area contributed by atoms with Crippen LogP contribution in [-0.2, 0) is 17.8 Å². The molecule has 4 rings (SSSR count). The maximum absolute atomic E-state index is 13.1. The van der Waals surface area contributed by atoms with Crippen molar-refractivity contribution >= 4 is 28.4 Å². The Hall–Kier alpha value is -3.48. The smallest absolute Gasteiger partial charge is 0.261 e. The summed E-state index contributed by atoms with van der Waals surface area (Å²) < 4.78 is 1.79. The molecule has 0 spiro atoms. The van der Waals surface area contributed by atoms with Gasteiger partial charge in [0.2, 0.25) is 5.91 Å². The molecule has 0 radical (unpaired) electrons. The van der Waals surface area contributed by atoms with Crippen LogP contribution in [0.5, 0.6) is 0 Å². The van der Waals surface area contributed by atoms with E-state index in [1.165, 1.54) is 4.90 Å². The predicted octanol–water partition coefficient (Wildman–Crippen LogP) is 4.15. The number of aromatic nitrogens is 2. The molecule has 1 N–H and O–H groups in total. The molecule has 3 aromatic rings. The van der Waals surface area contributed by atoms with E-state index >= 15 is 0 Å². The van der Waals surface area contributed by atoms with Crippen LogP contribution in [0.1, 0.15) is 58.6 Å². The van der Waals surface area contributed by atoms with E-state index in [9.17, 15) is 14.4 Å². The van der Waals surface area contributed by atoms with Crippen molar-refractivity contribution in [1.82, 2.24) is 14.5 Å². The van der Waals surface area contributed by atoms with E-state index in [0.717, 1.165) is 60.3 Å². The zero-order valence-corrected chi connectivity index (χ0v) is 20.4. The summed E-state index contributed by atoms with van der Waals surface area (Å²) in [5, 5.41) is 3.46. The fourth-order valence-corrected chi connectivity index (χ4v) is 4.79. The van der Waals surface area contributed by atoms with Gasteiger partial charge >= 0.3 is 0 Å². The highest BCUT2D eigenvalue weighted by atomic mass is 16.2. The van der Waals surface area contributed by atoms with Crippen molar-refractivity contribution < 1.29 is 9.59 Å². The number of fused-ring (bicyclic) bond motifs is 2. The molecule has 34 heavy (non-hydrogen) atoms. The van der Waals surface area contributed by atoms with Gasteiger partial charge in [-0.05, 0) is 62.9 Å². The third-order valence-corrected chi connectivity index (χ3v) is 6.48. The van der Waals surface area contributed by atoms with Crippen LogP contribution in [-0.4, -0.2) is 39.9 Å². The number of anilines is 1. The molecule has 1 aliphatic heterocycles. The quantitative estimate of drug-likeness (QED) is 0.634. The molecule has 0 saturated carbocycles. The van der Waals surface area contributed by atoms with Crippen LogP contribution in [0.3, 0.4) is 0 Å². The van der Waals surface area contributed by atoms with Crippen LogP contribution in [0.4, 0.5) is 5.69 Å². The summed E-state index contributed by atoms with van der Waals surface area (Å²) in [6.07, 6.45) is 5.02. The van der Waals surface area contributed by atoms with Crippen molar-refractivity contribution in [2.45, 2.75) is 59.4 Å². The molecular formula is C27H32N4O3. The summed E-state index contributed by atoms with van der Waals surface area (Å²) in [6, 6.07) is 9.03. The SMILES string of the molecule is Cc1cc(C)c(NC(=O)CN(C)C(=O)c2ccc3c(=O)n4c(nc3c2)CCCCCC4)c(C)c1. The molecule has 2 amide bonds. The lowest BCUT2D eigenvalue weighted by atomic mass is 10.1. The average molecular weight is 461 g/mol. The Morgan fingerprint density at radius 2 is 1.74 bits per heavy atom. The minimum atomic E-state index is -0.289. The van der Waals surface area contributed by atoms with Gasteiger partial charge in [-0.3, -0.25) is 19.0 Å². The van der Waals surface area contributed by atoms with Gasteiger partial charge in [0.25, 0.3) is 11.5 Å². The van der Waals surface area contributed by atoms with Crippen molar-refractivity contribution in [1.29, 1.82) is 0 Å². The van der Waals surface area contributed by atoms with Crippen LogP contribution in [0.2, 0.25) is 0 Å². The summed E-state index contributed by atoms with van der Waals surface area (Å²) in [5.74, 6) is 0.242. The number of nitrogens with zero attached hydrogens (tertiary/aromatic N) is 3. The molecule has 0 unspecified atom stereocenters. The third-order valence-electron chi connectivity index (χ3n) is 6.48. The number of amides is 2. The maximum Gasteiger partial charge on any atom is 0.261 e. The van der Waals surface area contributed by atoms with E-state index in [2.05, 4.69) is 5.32 Å². The van der Waals surface area contributed by atoms with E-state index in [0.29, 0.717) is 23.0 Å². The van der Waals surface area contributed by atoms with E-state index in [4.69, 9.17) is 4.98 Å². The first-order valence-corrected chi connectivity index (χ1v) is 11.9. The Kier molecular flexibility index (Phi) is 6.82. The molecule has 178 valence electrons. The average Bonchev–Trinajstić information content (AvgIpc) is 2.76. The normalized spacial score (nSPS) is 13.6. The number of hydrogen-bond acceptors (Lipinski definition) is 4. The molecule has 2 aromatic carbocycles. The zero-order chi connectivity index (χ0) is 24.4. The molecule has 7 nitrogen and oxygen atoms in total. The molecule has 7 heteroatoms. The van der Waals surface area contributed by atoms with Crippen LogP contribution >= 0.6 is 0 Å². The zero-order valence-electron chi connectivity index (χ0n) is 20.4. The van der Waals surface area contributed by atoms with Gasteiger partial charge in [0.1, 0.15) is 5.82 Å². The van der Waals surface area contributed by atoms with E-state index in [1.54, 1.807) is 29.8 Å². The van der Waals surface area contributed by atoms with Gasteiger partial charge in [-0.25, -0.2) is 4.98 Å². The Balaban J connectivity index is 1.53. The van der Waals surface area contributed by atoms with Crippen LogP contribution in [0.15, 0.2) is 35.1 Å². The van der Waals surface area contributed by atoms with E-state index in [1.807, 2.05) is 32.9 Å². The second-order valence-corrected chi connectivity index (χ2v) is 9.36. The van der Waals surface area contributed by atoms with Crippen LogP contribution in [0, 0.1) is 20.8 Å². The number of rotatable bonds is 4. The molecule has 0 fully saturated rings. The summed E-state index contributed by atoms with van der Waals surface area (Å²) >= 11 is 0. The highest BCUT2D eigenvalue weighted by Gasteiger charge is 2.19. The molecule has 0 atom stereocenters. The summed E-state index contributed by atoms with van der Waals surface area (Å²) in [4.78, 5) is 44.9. The van der Waals surface area contributed by atoms with Crippen molar-refractivity contribution in [2.75, 3.05) is 18.9 Å². The van der Waals surface area contributed by atoms with E-state index < -0.39 is 0 Å². The second-order valence-electron chi connectivity index (χ2n) is 9.36. The van der Waals surface area contributed by atoms with Gasteiger partial charge in [0.15, 0.2) is 0 Å². The minimum Gasteiger partial charge on any atom is -0.332 e. The second kappa shape index (κ2) is 9.79. The molecule has 0 aliphatic carbocycles. The van der Waals surface area contributed by atoms with Crippen molar-refractivity contribution in [3.05, 3.63) is 68.8 Å². The first-order valence-electron chi connectivity index (χ1n) is 11.9. The summed E-state index contributed by atoms with van der Waals surface area (Å²) in [7, 11) is 1.60. The van der Waals surface area contributed by atoms with Crippen molar-refractivity contribution in [2.24, 2.45) is 0 Å². The Bertz CT molecular complexity index is 1300. The fourth-order valence-electron chi connectivity index (χ4n) is 4.79. The molecule has 0 saturated heterocycles. The molecule has 2 heterocycles. The standard InChI is InChI=1S/C27H32N4O3/c1-17-13-18(2)25(19(3)14-17)29-24(32)16-30(4)26(33)20-10-11-21-22(15-20)28-23-9-7-5-6-8-12-31(23)27(21)34/h10-11,13-15H,5-9,12,16H2,1-4H3,(H,29,32). The molecule has 1 aliphatic rings. The third kappa shape index (κ3) is 4.88. The Morgan fingerprint density at radius 1 is 1.03 bits per heavy atom. The predicted molar refractivity (Wildman–Crippen MR) is 134 cm³/mol. The summed E-state index contributed by atoms with van der Waals surface area (Å²) in [5.41, 5.74) is 4.79. The number of nitrogens with one attached hydrogen (secondary N) is 1. The van der Waals surface area contributed by atoms with Gasteiger partial charge in [-0.2, -0.15) is 0 Å². The first-order chi connectivity index (χ1) is 16.2. The van der Waals surface area contributed by atoms with E-state index in [-0.39, 0.29) is 23.9 Å². The van der Waals surface area contributed by atoms with Gasteiger partial charge in [-0.1, -0.05) is 30.5 Å². The summed E-state index contributed by atoms with van der Waals surface area (Å²) in [6.45, 7) is 6.54. The Morgan fingerprint density at radius 3 is 2.47 bits per heavy atom. The lowest BCUT2D eigenvalue weighted by molar-refractivity contribution is -0.116. The van der Waals surface area contributed by atoms with Gasteiger partial charge in [-0.15, -0.1) is 0 Å². The van der Waals surface area contributed by atoms with Crippen LogP contribution < -0.4 is 10.9 Å². The fraction of sp³-hybridized carbons (Fsp3) is 0.407. The van der Waals surface area contributed by atoms with Crippen molar-refractivity contribution in [3.8, 4) is 0 Å². The lowest BCUT2D eigenvalue weighted by Crippen LogP contribution is -2.35. The number of benzene rings is 2. The van der Waals surface area contributed by atoms with Crippen LogP contribution in [0.25, 0.3) is 10.9 Å².